The molecule has 112 valence electrons. The fourth-order valence-corrected chi connectivity index (χ4v) is 3.13. The van der Waals surface area contributed by atoms with Crippen molar-refractivity contribution in [3.8, 4) is 0 Å². The Bertz CT molecular complexity index is 630. The molecule has 1 aromatic heterocycles. The summed E-state index contributed by atoms with van der Waals surface area (Å²) < 4.78 is 14.1. The van der Waals surface area contributed by atoms with Gasteiger partial charge in [-0.1, -0.05) is 38.8 Å². The van der Waals surface area contributed by atoms with Crippen molar-refractivity contribution >= 4 is 10.9 Å². The van der Waals surface area contributed by atoms with Gasteiger partial charge >= 0.3 is 0 Å². The van der Waals surface area contributed by atoms with Crippen LogP contribution in [-0.2, 0) is 6.54 Å². The Hall–Kier alpha value is -1.48. The van der Waals surface area contributed by atoms with Gasteiger partial charge in [0.05, 0.1) is 0 Å². The predicted molar refractivity (Wildman–Crippen MR) is 84.9 cm³/mol. The van der Waals surface area contributed by atoms with Crippen LogP contribution >= 0.6 is 0 Å². The molecule has 1 aromatic carbocycles. The van der Waals surface area contributed by atoms with E-state index < -0.39 is 0 Å². The van der Waals surface area contributed by atoms with E-state index in [0.29, 0.717) is 17.5 Å². The van der Waals surface area contributed by atoms with Gasteiger partial charge in [-0.05, 0) is 36.5 Å². The maximum Gasteiger partial charge on any atom is 0.149 e. The Kier molecular flexibility index (Phi) is 4.20. The summed E-state index contributed by atoms with van der Waals surface area (Å²) in [6, 6.07) is 7.99. The highest BCUT2D eigenvalue weighted by atomic mass is 19.1. The molecule has 1 N–H and O–H groups in total. The van der Waals surface area contributed by atoms with E-state index in [1.54, 1.807) is 6.07 Å². The summed E-state index contributed by atoms with van der Waals surface area (Å²) in [6.45, 7) is 5.00. The number of nitrogens with zero attached hydrogens (tertiary/aromatic N) is 1. The Balaban J connectivity index is 1.96. The van der Waals surface area contributed by atoms with Crippen LogP contribution in [0.3, 0.4) is 0 Å². The minimum Gasteiger partial charge on any atom is -0.310 e. The molecule has 1 aliphatic carbocycles. The molecule has 0 unspecified atom stereocenters. The first kappa shape index (κ1) is 14.5. The highest BCUT2D eigenvalue weighted by Crippen LogP contribution is 2.25. The van der Waals surface area contributed by atoms with Crippen molar-refractivity contribution < 1.29 is 4.39 Å². The third-order valence-corrected chi connectivity index (χ3v) is 4.42. The van der Waals surface area contributed by atoms with Gasteiger partial charge < -0.3 is 5.32 Å². The van der Waals surface area contributed by atoms with Crippen molar-refractivity contribution in [2.24, 2.45) is 0 Å². The lowest BCUT2D eigenvalue weighted by atomic mass is 10.0. The Morgan fingerprint density at radius 2 is 2.05 bits per heavy atom. The van der Waals surface area contributed by atoms with E-state index >= 15 is 0 Å². The molecule has 1 aliphatic rings. The number of pyridine rings is 1. The van der Waals surface area contributed by atoms with E-state index in [-0.39, 0.29) is 5.82 Å². The van der Waals surface area contributed by atoms with Crippen LogP contribution in [0, 0.1) is 5.82 Å². The standard InChI is InChI=1S/C18H23FN2/c1-12(2)17-10-13(11-20-14-6-3-4-7-14)15-8-5-9-16(19)18(15)21-17/h5,8-10,12,14,20H,3-4,6-7,11H2,1-2H3. The second kappa shape index (κ2) is 6.10. The zero-order chi connectivity index (χ0) is 14.8. The van der Waals surface area contributed by atoms with Crippen molar-refractivity contribution in [2.45, 2.75) is 58.0 Å². The number of para-hydroxylation sites is 1. The second-order valence-electron chi connectivity index (χ2n) is 6.36. The molecule has 1 fully saturated rings. The number of rotatable bonds is 4. The van der Waals surface area contributed by atoms with Gasteiger partial charge in [0.1, 0.15) is 11.3 Å². The van der Waals surface area contributed by atoms with E-state index in [9.17, 15) is 4.39 Å². The molecule has 0 radical (unpaired) electrons. The molecule has 1 saturated carbocycles. The molecule has 3 rings (SSSR count). The Labute approximate surface area is 125 Å². The van der Waals surface area contributed by atoms with Crippen molar-refractivity contribution in [3.63, 3.8) is 0 Å². The summed E-state index contributed by atoms with van der Waals surface area (Å²) in [5.41, 5.74) is 2.64. The molecule has 21 heavy (non-hydrogen) atoms. The third-order valence-electron chi connectivity index (χ3n) is 4.42. The van der Waals surface area contributed by atoms with Gasteiger partial charge in [0.2, 0.25) is 0 Å². The molecular weight excluding hydrogens is 263 g/mol. The third kappa shape index (κ3) is 3.08. The van der Waals surface area contributed by atoms with Crippen molar-refractivity contribution in [3.05, 3.63) is 41.3 Å². The van der Waals surface area contributed by atoms with Crippen molar-refractivity contribution in [1.82, 2.24) is 10.3 Å². The fraction of sp³-hybridized carbons (Fsp3) is 0.500. The van der Waals surface area contributed by atoms with Gasteiger partial charge in [-0.3, -0.25) is 0 Å². The van der Waals surface area contributed by atoms with Gasteiger partial charge in [-0.25, -0.2) is 9.37 Å². The first-order chi connectivity index (χ1) is 10.1. The summed E-state index contributed by atoms with van der Waals surface area (Å²) in [5.74, 6) is 0.0800. The molecule has 2 aromatic rings. The maximum absolute atomic E-state index is 14.1. The average Bonchev–Trinajstić information content (AvgIpc) is 2.98. The number of aromatic nitrogens is 1. The summed E-state index contributed by atoms with van der Waals surface area (Å²) in [4.78, 5) is 4.51. The number of halogens is 1. The zero-order valence-corrected chi connectivity index (χ0v) is 12.8. The Morgan fingerprint density at radius 1 is 1.29 bits per heavy atom. The molecule has 0 bridgehead atoms. The van der Waals surface area contributed by atoms with Crippen LogP contribution < -0.4 is 5.32 Å². The van der Waals surface area contributed by atoms with Crippen LogP contribution in [0.4, 0.5) is 4.39 Å². The second-order valence-corrected chi connectivity index (χ2v) is 6.36. The molecule has 0 spiro atoms. The molecule has 0 saturated heterocycles. The van der Waals surface area contributed by atoms with E-state index in [1.807, 2.05) is 6.07 Å². The van der Waals surface area contributed by atoms with E-state index in [2.05, 4.69) is 30.2 Å². The Morgan fingerprint density at radius 3 is 2.76 bits per heavy atom. The first-order valence-electron chi connectivity index (χ1n) is 7.96. The van der Waals surface area contributed by atoms with Crippen LogP contribution in [0.5, 0.6) is 0 Å². The number of hydrogen-bond donors (Lipinski definition) is 1. The smallest absolute Gasteiger partial charge is 0.149 e. The van der Waals surface area contributed by atoms with E-state index in [0.717, 1.165) is 23.2 Å². The normalized spacial score (nSPS) is 16.2. The van der Waals surface area contributed by atoms with E-state index in [4.69, 9.17) is 0 Å². The molecule has 3 heteroatoms. The van der Waals surface area contributed by atoms with E-state index in [1.165, 1.54) is 31.7 Å². The van der Waals surface area contributed by atoms with Crippen molar-refractivity contribution in [2.75, 3.05) is 0 Å². The maximum atomic E-state index is 14.1. The summed E-state index contributed by atoms with van der Waals surface area (Å²) in [7, 11) is 0. The summed E-state index contributed by atoms with van der Waals surface area (Å²) >= 11 is 0. The van der Waals surface area contributed by atoms with Crippen LogP contribution in [0.15, 0.2) is 24.3 Å². The number of nitrogens with one attached hydrogen (secondary N) is 1. The van der Waals surface area contributed by atoms with Crippen LogP contribution in [0.2, 0.25) is 0 Å². The van der Waals surface area contributed by atoms with Gasteiger partial charge in [-0.2, -0.15) is 0 Å². The molecule has 0 atom stereocenters. The monoisotopic (exact) mass is 286 g/mol. The number of benzene rings is 1. The van der Waals surface area contributed by atoms with Crippen LogP contribution in [0.1, 0.15) is 56.7 Å². The topological polar surface area (TPSA) is 24.9 Å². The minimum atomic E-state index is -0.225. The number of fused-ring (bicyclic) bond motifs is 1. The summed E-state index contributed by atoms with van der Waals surface area (Å²) in [5, 5.41) is 4.56. The highest BCUT2D eigenvalue weighted by molar-refractivity contribution is 5.83. The van der Waals surface area contributed by atoms with Crippen LogP contribution in [0.25, 0.3) is 10.9 Å². The quantitative estimate of drug-likeness (QED) is 0.893. The number of hydrogen-bond acceptors (Lipinski definition) is 2. The minimum absolute atomic E-state index is 0.225. The van der Waals surface area contributed by atoms with Gasteiger partial charge in [0, 0.05) is 23.7 Å². The predicted octanol–water partition coefficient (Wildman–Crippen LogP) is 4.53. The molecule has 0 aliphatic heterocycles. The van der Waals surface area contributed by atoms with Gasteiger partial charge in [0.15, 0.2) is 0 Å². The SMILES string of the molecule is CC(C)c1cc(CNC2CCCC2)c2cccc(F)c2n1. The largest absolute Gasteiger partial charge is 0.310 e. The fourth-order valence-electron chi connectivity index (χ4n) is 3.13. The molecule has 2 nitrogen and oxygen atoms in total. The van der Waals surface area contributed by atoms with Gasteiger partial charge in [0.25, 0.3) is 0 Å². The lowest BCUT2D eigenvalue weighted by Gasteiger charge is -2.15. The first-order valence-corrected chi connectivity index (χ1v) is 7.96. The van der Waals surface area contributed by atoms with Crippen molar-refractivity contribution in [1.29, 1.82) is 0 Å². The molecule has 0 amide bonds. The van der Waals surface area contributed by atoms with Crippen LogP contribution in [-0.4, -0.2) is 11.0 Å². The molecular formula is C18H23FN2. The highest BCUT2D eigenvalue weighted by Gasteiger charge is 2.16. The van der Waals surface area contributed by atoms with Gasteiger partial charge in [-0.15, -0.1) is 0 Å². The lowest BCUT2D eigenvalue weighted by Crippen LogP contribution is -2.25. The molecule has 1 heterocycles. The average molecular weight is 286 g/mol. The zero-order valence-electron chi connectivity index (χ0n) is 12.8. The summed E-state index contributed by atoms with van der Waals surface area (Å²) in [6.07, 6.45) is 5.16. The lowest BCUT2D eigenvalue weighted by molar-refractivity contribution is 0.525.